The Morgan fingerprint density at radius 2 is 1.89 bits per heavy atom. The molecule has 3 unspecified atom stereocenters. The number of carbonyl (C=O) groups excluding carboxylic acids is 1. The first-order chi connectivity index (χ1) is 8.56. The molecule has 3 N–H and O–H groups in total. The van der Waals surface area contributed by atoms with Gasteiger partial charge in [-0.05, 0) is 32.1 Å². The van der Waals surface area contributed by atoms with E-state index in [1.54, 1.807) is 0 Å². The van der Waals surface area contributed by atoms with Crippen LogP contribution in [0.25, 0.3) is 0 Å². The molecule has 0 aromatic rings. The summed E-state index contributed by atoms with van der Waals surface area (Å²) in [4.78, 5) is 14.3. The van der Waals surface area contributed by atoms with Gasteiger partial charge in [0.05, 0.1) is 6.54 Å². The summed E-state index contributed by atoms with van der Waals surface area (Å²) >= 11 is 3.64. The highest BCUT2D eigenvalue weighted by molar-refractivity contribution is 9.09. The van der Waals surface area contributed by atoms with Gasteiger partial charge in [0.25, 0.3) is 0 Å². The zero-order chi connectivity index (χ0) is 13.1. The third-order valence-corrected chi connectivity index (χ3v) is 5.53. The molecule has 4 heteroatoms. The zero-order valence-corrected chi connectivity index (χ0v) is 12.9. The maximum atomic E-state index is 12.3. The number of alkyl halides is 1. The first-order valence-corrected chi connectivity index (χ1v) is 8.24. The summed E-state index contributed by atoms with van der Waals surface area (Å²) in [5.41, 5.74) is 6.14. The van der Waals surface area contributed by atoms with Crippen LogP contribution in [0.1, 0.15) is 45.4 Å². The summed E-state index contributed by atoms with van der Waals surface area (Å²) in [5.74, 6) is 1.47. The van der Waals surface area contributed by atoms with Crippen molar-refractivity contribution in [2.75, 3.05) is 13.1 Å². The van der Waals surface area contributed by atoms with Crippen LogP contribution >= 0.6 is 15.9 Å². The Morgan fingerprint density at radius 1 is 1.22 bits per heavy atom. The second kappa shape index (κ2) is 6.49. The molecular weight excluding hydrogens is 292 g/mol. The first-order valence-electron chi connectivity index (χ1n) is 7.33. The van der Waals surface area contributed by atoms with Crippen LogP contribution in [0.15, 0.2) is 0 Å². The van der Waals surface area contributed by atoms with Crippen molar-refractivity contribution in [1.29, 1.82) is 0 Å². The number of nitrogens with one attached hydrogen (secondary N) is 1. The molecule has 0 radical (unpaired) electrons. The molecule has 2 aliphatic rings. The van der Waals surface area contributed by atoms with E-state index in [4.69, 9.17) is 5.73 Å². The molecule has 3 atom stereocenters. The number of nitrogens with two attached hydrogens (primary N) is 1. The Hall–Kier alpha value is 0.0700. The van der Waals surface area contributed by atoms with Crippen LogP contribution in [0.2, 0.25) is 0 Å². The van der Waals surface area contributed by atoms with Gasteiger partial charge in [-0.2, -0.15) is 0 Å². The maximum absolute atomic E-state index is 12.3. The molecule has 1 aliphatic heterocycles. The lowest BCUT2D eigenvalue weighted by atomic mass is 9.85. The van der Waals surface area contributed by atoms with Gasteiger partial charge < -0.3 is 4.90 Å². The van der Waals surface area contributed by atoms with Crippen molar-refractivity contribution in [3.8, 4) is 0 Å². The number of quaternary nitrogens is 1. The Labute approximate surface area is 119 Å². The number of rotatable bonds is 3. The van der Waals surface area contributed by atoms with Crippen molar-refractivity contribution in [2.45, 2.75) is 56.4 Å². The van der Waals surface area contributed by atoms with Crippen molar-refractivity contribution in [3.63, 3.8) is 0 Å². The molecule has 1 saturated carbocycles. The van der Waals surface area contributed by atoms with Crippen molar-refractivity contribution < 1.29 is 9.69 Å². The minimum atomic E-state index is 0.178. The Balaban J connectivity index is 1.82. The van der Waals surface area contributed by atoms with E-state index in [2.05, 4.69) is 22.9 Å². The molecule has 1 heterocycles. The fraction of sp³-hybridized carbons (Fsp3) is 0.929. The average molecular weight is 318 g/mol. The number of Topliss-reactive ketones (excluding diaryl/α,β-unsaturated/α-hetero) is 1. The minimum absolute atomic E-state index is 0.178. The van der Waals surface area contributed by atoms with E-state index in [9.17, 15) is 4.79 Å². The second-order valence-electron chi connectivity index (χ2n) is 6.24. The average Bonchev–Trinajstić information content (AvgIpc) is 2.34. The molecule has 104 valence electrons. The van der Waals surface area contributed by atoms with E-state index in [1.807, 2.05) is 0 Å². The Kier molecular flexibility index (Phi) is 5.22. The number of ketones is 1. The molecule has 3 nitrogen and oxygen atoms in total. The van der Waals surface area contributed by atoms with Gasteiger partial charge in [0, 0.05) is 23.1 Å². The van der Waals surface area contributed by atoms with E-state index < -0.39 is 0 Å². The van der Waals surface area contributed by atoms with Crippen molar-refractivity contribution in [2.24, 2.45) is 17.6 Å². The quantitative estimate of drug-likeness (QED) is 0.766. The van der Waals surface area contributed by atoms with E-state index >= 15 is 0 Å². The standard InChI is InChI=1S/C14H25BrN2O/c1-10-2-7-14(16)17(8-10)9-13(18)11-3-5-12(15)6-4-11/h10-12,14H,2-9,16H2,1H3/p+1. The molecule has 2 rings (SSSR count). The molecule has 2 fully saturated rings. The molecule has 0 amide bonds. The van der Waals surface area contributed by atoms with Gasteiger partial charge in [0.15, 0.2) is 5.78 Å². The van der Waals surface area contributed by atoms with E-state index in [1.165, 1.54) is 11.3 Å². The summed E-state index contributed by atoms with van der Waals surface area (Å²) in [6.07, 6.45) is 6.88. The van der Waals surface area contributed by atoms with E-state index in [-0.39, 0.29) is 6.17 Å². The number of halogens is 1. The SMILES string of the molecule is CC1CCC(N)[NH+](CC(=O)C2CCC(Br)CC2)C1. The summed E-state index contributed by atoms with van der Waals surface area (Å²) in [5, 5.41) is 0. The van der Waals surface area contributed by atoms with E-state index in [0.29, 0.717) is 29.0 Å². The van der Waals surface area contributed by atoms with Gasteiger partial charge in [0.2, 0.25) is 0 Å². The summed E-state index contributed by atoms with van der Waals surface area (Å²) in [7, 11) is 0. The fourth-order valence-electron chi connectivity index (χ4n) is 3.32. The second-order valence-corrected chi connectivity index (χ2v) is 7.54. The van der Waals surface area contributed by atoms with Crippen molar-refractivity contribution in [1.82, 2.24) is 0 Å². The van der Waals surface area contributed by atoms with Gasteiger partial charge >= 0.3 is 0 Å². The monoisotopic (exact) mass is 317 g/mol. The van der Waals surface area contributed by atoms with Gasteiger partial charge in [-0.15, -0.1) is 0 Å². The fourth-order valence-corrected chi connectivity index (χ4v) is 3.84. The molecular formula is C14H26BrN2O+. The molecule has 0 spiro atoms. The van der Waals surface area contributed by atoms with Crippen molar-refractivity contribution >= 4 is 21.7 Å². The number of piperidine rings is 1. The number of hydrogen-bond donors (Lipinski definition) is 2. The van der Waals surface area contributed by atoms with Gasteiger partial charge in [0.1, 0.15) is 12.7 Å². The lowest BCUT2D eigenvalue weighted by Gasteiger charge is -2.34. The van der Waals surface area contributed by atoms with Crippen LogP contribution < -0.4 is 10.6 Å². The number of carbonyl (C=O) groups is 1. The summed E-state index contributed by atoms with van der Waals surface area (Å²) in [6, 6.07) is 0. The van der Waals surface area contributed by atoms with Crippen LogP contribution in [-0.2, 0) is 4.79 Å². The Bertz CT molecular complexity index is 290. The summed E-state index contributed by atoms with van der Waals surface area (Å²) in [6.45, 7) is 4.00. The smallest absolute Gasteiger partial charge is 0.189 e. The zero-order valence-electron chi connectivity index (χ0n) is 11.3. The highest BCUT2D eigenvalue weighted by atomic mass is 79.9. The number of hydrogen-bond acceptors (Lipinski definition) is 2. The van der Waals surface area contributed by atoms with Crippen LogP contribution in [0, 0.1) is 11.8 Å². The van der Waals surface area contributed by atoms with Gasteiger partial charge in [-0.3, -0.25) is 10.5 Å². The molecule has 0 aromatic carbocycles. The lowest BCUT2D eigenvalue weighted by molar-refractivity contribution is -0.926. The van der Waals surface area contributed by atoms with Crippen LogP contribution in [0.4, 0.5) is 0 Å². The molecule has 0 aromatic heterocycles. The third-order valence-electron chi connectivity index (χ3n) is 4.62. The number of likely N-dealkylation sites (tertiary alicyclic amines) is 1. The van der Waals surface area contributed by atoms with Crippen LogP contribution in [0.3, 0.4) is 0 Å². The van der Waals surface area contributed by atoms with E-state index in [0.717, 1.165) is 38.6 Å². The van der Waals surface area contributed by atoms with Crippen LogP contribution in [-0.4, -0.2) is 29.9 Å². The predicted molar refractivity (Wildman–Crippen MR) is 76.8 cm³/mol. The summed E-state index contributed by atoms with van der Waals surface area (Å²) < 4.78 is 0. The minimum Gasteiger partial charge on any atom is -0.314 e. The lowest BCUT2D eigenvalue weighted by Crippen LogP contribution is -3.19. The maximum Gasteiger partial charge on any atom is 0.189 e. The highest BCUT2D eigenvalue weighted by Crippen LogP contribution is 2.28. The van der Waals surface area contributed by atoms with Gasteiger partial charge in [-0.1, -0.05) is 22.9 Å². The van der Waals surface area contributed by atoms with Gasteiger partial charge in [-0.25, -0.2) is 0 Å². The predicted octanol–water partition coefficient (Wildman–Crippen LogP) is 1.11. The molecule has 0 bridgehead atoms. The molecule has 1 saturated heterocycles. The molecule has 1 aliphatic carbocycles. The third kappa shape index (κ3) is 3.78. The largest absolute Gasteiger partial charge is 0.314 e. The normalized spacial score (nSPS) is 41.6. The molecule has 18 heavy (non-hydrogen) atoms. The van der Waals surface area contributed by atoms with Crippen molar-refractivity contribution in [3.05, 3.63) is 0 Å². The Morgan fingerprint density at radius 3 is 2.56 bits per heavy atom. The van der Waals surface area contributed by atoms with Crippen LogP contribution in [0.5, 0.6) is 0 Å². The topological polar surface area (TPSA) is 47.5 Å². The first kappa shape index (κ1) is 14.5. The highest BCUT2D eigenvalue weighted by Gasteiger charge is 2.32.